The third-order valence-electron chi connectivity index (χ3n) is 2.35. The van der Waals surface area contributed by atoms with E-state index in [0.29, 0.717) is 0 Å². The van der Waals surface area contributed by atoms with E-state index >= 15 is 0 Å². The van der Waals surface area contributed by atoms with Crippen molar-refractivity contribution in [2.24, 2.45) is 5.84 Å². The van der Waals surface area contributed by atoms with Crippen molar-refractivity contribution in [2.75, 3.05) is 0 Å². The zero-order valence-corrected chi connectivity index (χ0v) is 11.7. The fraction of sp³-hybridized carbons (Fsp3) is 0.0909. The van der Waals surface area contributed by atoms with Gasteiger partial charge in [0, 0.05) is 9.35 Å². The summed E-state index contributed by atoms with van der Waals surface area (Å²) in [5.41, 5.74) is 3.41. The number of hydrazine groups is 1. The summed E-state index contributed by atoms with van der Waals surface area (Å²) >= 11 is 10.6. The number of nitrogens with one attached hydrogen (secondary N) is 1. The van der Waals surface area contributed by atoms with Crippen molar-refractivity contribution in [1.82, 2.24) is 5.43 Å². The predicted molar refractivity (Wildman–Crippen MR) is 72.6 cm³/mol. The molecule has 0 spiro atoms. The molecule has 1 atom stereocenters. The van der Waals surface area contributed by atoms with Gasteiger partial charge in [-0.25, -0.2) is 9.82 Å². The van der Waals surface area contributed by atoms with Gasteiger partial charge in [-0.15, -0.1) is 11.3 Å². The van der Waals surface area contributed by atoms with E-state index in [4.69, 9.17) is 17.4 Å². The van der Waals surface area contributed by atoms with Crippen LogP contribution in [0, 0.1) is 5.82 Å². The highest BCUT2D eigenvalue weighted by atomic mass is 79.9. The van der Waals surface area contributed by atoms with Crippen LogP contribution in [0.25, 0.3) is 0 Å². The summed E-state index contributed by atoms with van der Waals surface area (Å²) in [6.07, 6.45) is 0. The van der Waals surface area contributed by atoms with Gasteiger partial charge in [-0.2, -0.15) is 0 Å². The van der Waals surface area contributed by atoms with Gasteiger partial charge in [0.25, 0.3) is 0 Å². The van der Waals surface area contributed by atoms with Gasteiger partial charge in [-0.3, -0.25) is 5.84 Å². The Bertz CT molecular complexity index is 532. The van der Waals surface area contributed by atoms with Crippen LogP contribution in [-0.4, -0.2) is 0 Å². The Labute approximate surface area is 116 Å². The Hall–Kier alpha value is -0.460. The molecule has 1 unspecified atom stereocenters. The molecule has 0 aliphatic rings. The molecule has 0 aliphatic heterocycles. The first-order chi connectivity index (χ1) is 8.13. The van der Waals surface area contributed by atoms with Gasteiger partial charge in [-0.1, -0.05) is 17.7 Å². The lowest BCUT2D eigenvalue weighted by Crippen LogP contribution is -2.28. The van der Waals surface area contributed by atoms with E-state index in [-0.39, 0.29) is 11.1 Å². The molecule has 1 aromatic carbocycles. The van der Waals surface area contributed by atoms with Gasteiger partial charge in [0.05, 0.1) is 11.1 Å². The molecule has 0 fully saturated rings. The van der Waals surface area contributed by atoms with Crippen LogP contribution in [0.5, 0.6) is 0 Å². The number of benzene rings is 1. The standard InChI is InChI=1S/C11H9BrClFN2S/c12-7-3-4-17-11(7)10(16-15)6-1-2-8(13)9(14)5-6/h1-5,10,16H,15H2. The fourth-order valence-corrected chi connectivity index (χ4v) is 3.33. The first kappa shape index (κ1) is 13.0. The van der Waals surface area contributed by atoms with E-state index < -0.39 is 5.82 Å². The summed E-state index contributed by atoms with van der Waals surface area (Å²) in [6, 6.07) is 6.34. The van der Waals surface area contributed by atoms with Gasteiger partial charge in [0.2, 0.25) is 0 Å². The quantitative estimate of drug-likeness (QED) is 0.660. The zero-order valence-electron chi connectivity index (χ0n) is 8.58. The van der Waals surface area contributed by atoms with E-state index in [0.717, 1.165) is 14.9 Å². The third kappa shape index (κ3) is 2.69. The van der Waals surface area contributed by atoms with Crippen LogP contribution in [0.3, 0.4) is 0 Å². The summed E-state index contributed by atoms with van der Waals surface area (Å²) in [5, 5.41) is 2.05. The average molecular weight is 336 g/mol. The molecule has 17 heavy (non-hydrogen) atoms. The van der Waals surface area contributed by atoms with Crippen molar-refractivity contribution in [3.63, 3.8) is 0 Å². The molecule has 2 nitrogen and oxygen atoms in total. The molecule has 2 aromatic rings. The lowest BCUT2D eigenvalue weighted by Gasteiger charge is -2.15. The predicted octanol–water partition coefficient (Wildman–Crippen LogP) is 3.86. The molecule has 90 valence electrons. The lowest BCUT2D eigenvalue weighted by molar-refractivity contribution is 0.608. The second kappa shape index (κ2) is 5.46. The molecule has 0 saturated heterocycles. The second-order valence-corrected chi connectivity index (χ2v) is 5.62. The molecule has 3 N–H and O–H groups in total. The number of hydrogen-bond donors (Lipinski definition) is 2. The van der Waals surface area contributed by atoms with Crippen molar-refractivity contribution in [3.05, 3.63) is 55.4 Å². The zero-order chi connectivity index (χ0) is 12.4. The molecule has 0 saturated carbocycles. The topological polar surface area (TPSA) is 38.0 Å². The maximum atomic E-state index is 13.4. The fourth-order valence-electron chi connectivity index (χ4n) is 1.53. The van der Waals surface area contributed by atoms with Crippen molar-refractivity contribution in [1.29, 1.82) is 0 Å². The Morgan fingerprint density at radius 2 is 2.18 bits per heavy atom. The summed E-state index contributed by atoms with van der Waals surface area (Å²) in [4.78, 5) is 0.995. The molecule has 0 radical (unpaired) electrons. The van der Waals surface area contributed by atoms with Crippen LogP contribution < -0.4 is 11.3 Å². The maximum absolute atomic E-state index is 13.4. The normalized spacial score (nSPS) is 12.7. The van der Waals surface area contributed by atoms with Gasteiger partial charge < -0.3 is 0 Å². The van der Waals surface area contributed by atoms with E-state index in [1.54, 1.807) is 17.4 Å². The summed E-state index contributed by atoms with van der Waals surface area (Å²) < 4.78 is 14.4. The summed E-state index contributed by atoms with van der Waals surface area (Å²) in [5.74, 6) is 5.09. The van der Waals surface area contributed by atoms with Crippen LogP contribution in [-0.2, 0) is 0 Å². The molecule has 6 heteroatoms. The first-order valence-electron chi connectivity index (χ1n) is 4.77. The minimum atomic E-state index is -0.447. The van der Waals surface area contributed by atoms with E-state index in [2.05, 4.69) is 21.4 Å². The molecule has 0 bridgehead atoms. The molecule has 1 aromatic heterocycles. The molecule has 1 heterocycles. The first-order valence-corrected chi connectivity index (χ1v) is 6.82. The number of hydrogen-bond acceptors (Lipinski definition) is 3. The average Bonchev–Trinajstić information content (AvgIpc) is 2.71. The van der Waals surface area contributed by atoms with Crippen LogP contribution in [0.15, 0.2) is 34.1 Å². The van der Waals surface area contributed by atoms with E-state index in [9.17, 15) is 4.39 Å². The highest BCUT2D eigenvalue weighted by Crippen LogP contribution is 2.33. The van der Waals surface area contributed by atoms with Crippen molar-refractivity contribution >= 4 is 38.9 Å². The summed E-state index contributed by atoms with van der Waals surface area (Å²) in [7, 11) is 0. The molecular weight excluding hydrogens is 327 g/mol. The van der Waals surface area contributed by atoms with Crippen LogP contribution in [0.4, 0.5) is 4.39 Å². The van der Waals surface area contributed by atoms with Gasteiger partial charge in [0.1, 0.15) is 5.82 Å². The molecule has 0 aliphatic carbocycles. The van der Waals surface area contributed by atoms with Crippen LogP contribution in [0.1, 0.15) is 16.5 Å². The van der Waals surface area contributed by atoms with Crippen LogP contribution >= 0.6 is 38.9 Å². The molecular formula is C11H9BrClFN2S. The van der Waals surface area contributed by atoms with Crippen molar-refractivity contribution in [3.8, 4) is 0 Å². The van der Waals surface area contributed by atoms with Gasteiger partial charge in [-0.05, 0) is 45.1 Å². The minimum absolute atomic E-state index is 0.106. The molecule has 0 amide bonds. The second-order valence-electron chi connectivity index (χ2n) is 3.41. The SMILES string of the molecule is NNC(c1ccc(Cl)c(F)c1)c1sccc1Br. The van der Waals surface area contributed by atoms with Gasteiger partial charge >= 0.3 is 0 Å². The number of rotatable bonds is 3. The third-order valence-corrected chi connectivity index (χ3v) is 4.59. The minimum Gasteiger partial charge on any atom is -0.271 e. The number of halogens is 3. The lowest BCUT2D eigenvalue weighted by atomic mass is 10.1. The summed E-state index contributed by atoms with van der Waals surface area (Å²) in [6.45, 7) is 0. The van der Waals surface area contributed by atoms with E-state index in [1.807, 2.05) is 11.4 Å². The highest BCUT2D eigenvalue weighted by molar-refractivity contribution is 9.10. The van der Waals surface area contributed by atoms with Crippen molar-refractivity contribution in [2.45, 2.75) is 6.04 Å². The Morgan fingerprint density at radius 1 is 1.41 bits per heavy atom. The monoisotopic (exact) mass is 334 g/mol. The highest BCUT2D eigenvalue weighted by Gasteiger charge is 2.17. The number of thiophene rings is 1. The van der Waals surface area contributed by atoms with E-state index in [1.165, 1.54) is 12.1 Å². The maximum Gasteiger partial charge on any atom is 0.142 e. The Kier molecular flexibility index (Phi) is 4.17. The number of nitrogens with two attached hydrogens (primary N) is 1. The smallest absolute Gasteiger partial charge is 0.142 e. The van der Waals surface area contributed by atoms with Crippen molar-refractivity contribution < 1.29 is 4.39 Å². The Balaban J connectivity index is 2.42. The Morgan fingerprint density at radius 3 is 2.71 bits per heavy atom. The molecule has 2 rings (SSSR count). The van der Waals surface area contributed by atoms with Gasteiger partial charge in [0.15, 0.2) is 0 Å². The largest absolute Gasteiger partial charge is 0.271 e. The van der Waals surface area contributed by atoms with Crippen LogP contribution in [0.2, 0.25) is 5.02 Å².